The second-order valence-electron chi connectivity index (χ2n) is 7.19. The van der Waals surface area contributed by atoms with Crippen LogP contribution >= 0.6 is 24.0 Å². The van der Waals surface area contributed by atoms with E-state index in [0.29, 0.717) is 32.8 Å². The van der Waals surface area contributed by atoms with Crippen molar-refractivity contribution in [3.8, 4) is 11.5 Å². The number of piperazine rings is 1. The van der Waals surface area contributed by atoms with E-state index in [9.17, 15) is 4.79 Å². The summed E-state index contributed by atoms with van der Waals surface area (Å²) in [4.78, 5) is 21.2. The van der Waals surface area contributed by atoms with Crippen LogP contribution in [-0.4, -0.2) is 94.9 Å². The van der Waals surface area contributed by atoms with Crippen LogP contribution in [-0.2, 0) is 16.1 Å². The Hall–Kier alpha value is -1.79. The number of nitrogens with one attached hydrogen (secondary N) is 2. The smallest absolute Gasteiger partial charge is 0.234 e. The number of methoxy groups -OCH3 is 2. The number of guanidine groups is 1. The number of halogens is 1. The van der Waals surface area contributed by atoms with Crippen LogP contribution in [0.15, 0.2) is 23.2 Å². The van der Waals surface area contributed by atoms with Crippen molar-refractivity contribution in [2.75, 3.05) is 73.2 Å². The molecule has 0 saturated carbocycles. The summed E-state index contributed by atoms with van der Waals surface area (Å²) in [7, 11) is 3.27. The molecular formula is C22H38IN5O4. The second kappa shape index (κ2) is 15.9. The molecule has 0 spiro atoms. The molecule has 0 aliphatic carbocycles. The molecule has 2 rings (SSSR count). The lowest BCUT2D eigenvalue weighted by Gasteiger charge is -2.36. The van der Waals surface area contributed by atoms with Crippen LogP contribution in [0.25, 0.3) is 0 Å². The highest BCUT2D eigenvalue weighted by molar-refractivity contribution is 14.0. The van der Waals surface area contributed by atoms with E-state index < -0.39 is 0 Å². The molecule has 1 aromatic rings. The topological polar surface area (TPSA) is 87.7 Å². The zero-order valence-electron chi connectivity index (χ0n) is 19.7. The Bertz CT molecular complexity index is 712. The summed E-state index contributed by atoms with van der Waals surface area (Å²) in [5.74, 6) is 2.39. The number of ether oxygens (including phenoxy) is 3. The SMILES string of the molecule is CCNC(=NCc1ccc(OC)c(OCC)c1)N1CCN(CC(=O)NCCOC)CC1.I. The van der Waals surface area contributed by atoms with Crippen LogP contribution in [0.4, 0.5) is 0 Å². The summed E-state index contributed by atoms with van der Waals surface area (Å²) in [6.45, 7) is 10.7. The summed E-state index contributed by atoms with van der Waals surface area (Å²) >= 11 is 0. The predicted molar refractivity (Wildman–Crippen MR) is 137 cm³/mol. The average Bonchev–Trinajstić information content (AvgIpc) is 2.78. The number of benzene rings is 1. The normalized spacial score (nSPS) is 14.5. The third-order valence-corrected chi connectivity index (χ3v) is 4.94. The largest absolute Gasteiger partial charge is 0.493 e. The zero-order valence-corrected chi connectivity index (χ0v) is 22.0. The number of nitrogens with zero attached hydrogens (tertiary/aromatic N) is 3. The van der Waals surface area contributed by atoms with E-state index in [2.05, 4.69) is 27.4 Å². The van der Waals surface area contributed by atoms with E-state index in [-0.39, 0.29) is 29.9 Å². The van der Waals surface area contributed by atoms with Crippen molar-refractivity contribution < 1.29 is 19.0 Å². The van der Waals surface area contributed by atoms with Crippen LogP contribution in [0.3, 0.4) is 0 Å². The molecule has 1 amide bonds. The standard InChI is InChI=1S/C22H37N5O4.HI/c1-5-23-22(25-16-18-7-8-19(30-4)20(15-18)31-6-2)27-12-10-26(11-13-27)17-21(28)24-9-14-29-3;/h7-8,15H,5-6,9-14,16-17H2,1-4H3,(H,23,25)(H,24,28);1H. The van der Waals surface area contributed by atoms with Gasteiger partial charge in [-0.15, -0.1) is 24.0 Å². The number of carbonyl (C=O) groups excluding carboxylic acids is 1. The van der Waals surface area contributed by atoms with Gasteiger partial charge in [-0.1, -0.05) is 6.07 Å². The van der Waals surface area contributed by atoms with Crippen molar-refractivity contribution in [2.24, 2.45) is 4.99 Å². The average molecular weight is 563 g/mol. The molecule has 182 valence electrons. The third kappa shape index (κ3) is 9.37. The molecule has 0 unspecified atom stereocenters. The summed E-state index contributed by atoms with van der Waals surface area (Å²) < 4.78 is 16.0. The van der Waals surface area contributed by atoms with Gasteiger partial charge in [-0.3, -0.25) is 9.69 Å². The molecule has 10 heteroatoms. The molecule has 1 aromatic carbocycles. The van der Waals surface area contributed by atoms with Crippen molar-refractivity contribution in [3.05, 3.63) is 23.8 Å². The van der Waals surface area contributed by atoms with Crippen molar-refractivity contribution in [3.63, 3.8) is 0 Å². The van der Waals surface area contributed by atoms with E-state index in [4.69, 9.17) is 19.2 Å². The molecule has 2 N–H and O–H groups in total. The highest BCUT2D eigenvalue weighted by Gasteiger charge is 2.21. The summed E-state index contributed by atoms with van der Waals surface area (Å²) in [6.07, 6.45) is 0. The summed E-state index contributed by atoms with van der Waals surface area (Å²) in [5.41, 5.74) is 1.06. The van der Waals surface area contributed by atoms with Gasteiger partial charge in [-0.05, 0) is 31.5 Å². The summed E-state index contributed by atoms with van der Waals surface area (Å²) in [6, 6.07) is 5.91. The van der Waals surface area contributed by atoms with E-state index >= 15 is 0 Å². The Kier molecular flexibility index (Phi) is 14.1. The molecule has 0 atom stereocenters. The number of amides is 1. The predicted octanol–water partition coefficient (Wildman–Crippen LogP) is 1.56. The Labute approximate surface area is 208 Å². The van der Waals surface area contributed by atoms with Gasteiger partial charge in [0.1, 0.15) is 0 Å². The Morgan fingerprint density at radius 3 is 2.47 bits per heavy atom. The zero-order chi connectivity index (χ0) is 22.5. The molecule has 1 heterocycles. The first-order chi connectivity index (χ1) is 15.1. The molecule has 0 aromatic heterocycles. The Balaban J connectivity index is 0.00000512. The molecule has 0 radical (unpaired) electrons. The fourth-order valence-corrected chi connectivity index (χ4v) is 3.35. The number of hydrogen-bond acceptors (Lipinski definition) is 6. The first kappa shape index (κ1) is 28.2. The van der Waals surface area contributed by atoms with Crippen LogP contribution in [0, 0.1) is 0 Å². The van der Waals surface area contributed by atoms with Gasteiger partial charge < -0.3 is 29.7 Å². The molecule has 32 heavy (non-hydrogen) atoms. The molecule has 1 aliphatic heterocycles. The van der Waals surface area contributed by atoms with Crippen LogP contribution in [0.1, 0.15) is 19.4 Å². The summed E-state index contributed by atoms with van der Waals surface area (Å²) in [5, 5.41) is 6.25. The van der Waals surface area contributed by atoms with Gasteiger partial charge in [0.25, 0.3) is 0 Å². The van der Waals surface area contributed by atoms with Gasteiger partial charge in [0, 0.05) is 46.4 Å². The number of rotatable bonds is 11. The van der Waals surface area contributed by atoms with E-state index in [1.54, 1.807) is 14.2 Å². The lowest BCUT2D eigenvalue weighted by atomic mass is 10.2. The molecule has 0 bridgehead atoms. The monoisotopic (exact) mass is 563 g/mol. The van der Waals surface area contributed by atoms with E-state index in [1.165, 1.54) is 0 Å². The lowest BCUT2D eigenvalue weighted by Crippen LogP contribution is -2.54. The van der Waals surface area contributed by atoms with E-state index in [1.807, 2.05) is 25.1 Å². The maximum Gasteiger partial charge on any atom is 0.234 e. The molecule has 1 fully saturated rings. The fourth-order valence-electron chi connectivity index (χ4n) is 3.35. The number of carbonyl (C=O) groups is 1. The minimum atomic E-state index is 0. The van der Waals surface area contributed by atoms with Crippen molar-refractivity contribution in [2.45, 2.75) is 20.4 Å². The van der Waals surface area contributed by atoms with Crippen molar-refractivity contribution >= 4 is 35.8 Å². The first-order valence-electron chi connectivity index (χ1n) is 10.9. The molecule has 1 aliphatic rings. The second-order valence-corrected chi connectivity index (χ2v) is 7.19. The van der Waals surface area contributed by atoms with Gasteiger partial charge in [0.05, 0.1) is 33.4 Å². The van der Waals surface area contributed by atoms with Crippen molar-refractivity contribution in [1.82, 2.24) is 20.4 Å². The highest BCUT2D eigenvalue weighted by Crippen LogP contribution is 2.28. The molecular weight excluding hydrogens is 525 g/mol. The third-order valence-electron chi connectivity index (χ3n) is 4.94. The van der Waals surface area contributed by atoms with E-state index in [0.717, 1.165) is 55.7 Å². The maximum atomic E-state index is 12.0. The Morgan fingerprint density at radius 1 is 1.09 bits per heavy atom. The lowest BCUT2D eigenvalue weighted by molar-refractivity contribution is -0.122. The maximum absolute atomic E-state index is 12.0. The number of hydrogen-bond donors (Lipinski definition) is 2. The molecule has 1 saturated heterocycles. The van der Waals surface area contributed by atoms with Gasteiger partial charge in [-0.25, -0.2) is 4.99 Å². The quantitative estimate of drug-likeness (QED) is 0.183. The van der Waals surface area contributed by atoms with Gasteiger partial charge in [-0.2, -0.15) is 0 Å². The fraction of sp³-hybridized carbons (Fsp3) is 0.636. The number of aliphatic imine (C=N–C) groups is 1. The first-order valence-corrected chi connectivity index (χ1v) is 10.9. The minimum absolute atomic E-state index is 0. The molecule has 9 nitrogen and oxygen atoms in total. The highest BCUT2D eigenvalue weighted by atomic mass is 127. The van der Waals surface area contributed by atoms with Crippen molar-refractivity contribution in [1.29, 1.82) is 0 Å². The van der Waals surface area contributed by atoms with Crippen LogP contribution < -0.4 is 20.1 Å². The Morgan fingerprint density at radius 2 is 1.84 bits per heavy atom. The van der Waals surface area contributed by atoms with Gasteiger partial charge in [0.2, 0.25) is 5.91 Å². The minimum Gasteiger partial charge on any atom is -0.493 e. The van der Waals surface area contributed by atoms with Gasteiger partial charge in [0.15, 0.2) is 17.5 Å². The van der Waals surface area contributed by atoms with Gasteiger partial charge >= 0.3 is 0 Å². The van der Waals surface area contributed by atoms with Crippen LogP contribution in [0.5, 0.6) is 11.5 Å². The van der Waals surface area contributed by atoms with Crippen LogP contribution in [0.2, 0.25) is 0 Å².